The molecule has 1 aliphatic rings. The SMILES string of the molecule is CCCC[C@@H](CF)CC=C[C@H]1CCC(=O)[C@@H]1CC=CCCCC(=O)O. The van der Waals surface area contributed by atoms with E-state index in [-0.39, 0.29) is 30.8 Å². The standard InChI is InChI=1S/C21H33FO3/c1-2-3-9-17(16-22)10-8-11-18-14-15-20(23)19(18)12-6-4-5-7-13-21(24)25/h4,6,8,11,17-19H,2-3,5,7,9-10,12-16H2,1H3,(H,24,25)/t17-,18+,19-/m1/s1. The van der Waals surface area contributed by atoms with Crippen molar-refractivity contribution in [1.29, 1.82) is 0 Å². The maximum absolute atomic E-state index is 13.0. The second kappa shape index (κ2) is 12.8. The summed E-state index contributed by atoms with van der Waals surface area (Å²) in [5.41, 5.74) is 0. The smallest absolute Gasteiger partial charge is 0.303 e. The lowest BCUT2D eigenvalue weighted by molar-refractivity contribution is -0.137. The molecule has 1 fully saturated rings. The zero-order valence-electron chi connectivity index (χ0n) is 15.5. The van der Waals surface area contributed by atoms with Crippen molar-refractivity contribution < 1.29 is 19.1 Å². The lowest BCUT2D eigenvalue weighted by Gasteiger charge is -2.14. The van der Waals surface area contributed by atoms with Gasteiger partial charge in [0.1, 0.15) is 5.78 Å². The molecule has 0 heterocycles. The average molecular weight is 352 g/mol. The highest BCUT2D eigenvalue weighted by molar-refractivity contribution is 5.83. The summed E-state index contributed by atoms with van der Waals surface area (Å²) in [5, 5.41) is 8.60. The first-order valence-corrected chi connectivity index (χ1v) is 9.70. The largest absolute Gasteiger partial charge is 0.481 e. The second-order valence-corrected chi connectivity index (χ2v) is 7.09. The molecule has 0 aliphatic heterocycles. The van der Waals surface area contributed by atoms with E-state index in [0.717, 1.165) is 44.9 Å². The van der Waals surface area contributed by atoms with Crippen LogP contribution in [0.15, 0.2) is 24.3 Å². The Labute approximate surface area is 151 Å². The van der Waals surface area contributed by atoms with Crippen molar-refractivity contribution in [1.82, 2.24) is 0 Å². The van der Waals surface area contributed by atoms with Crippen LogP contribution >= 0.6 is 0 Å². The number of hydrogen-bond donors (Lipinski definition) is 1. The maximum atomic E-state index is 13.0. The number of Topliss-reactive ketones (excluding diaryl/α,β-unsaturated/α-hetero) is 1. The van der Waals surface area contributed by atoms with Crippen molar-refractivity contribution in [2.24, 2.45) is 17.8 Å². The van der Waals surface area contributed by atoms with Crippen LogP contribution in [-0.2, 0) is 9.59 Å². The minimum absolute atomic E-state index is 0.0337. The van der Waals surface area contributed by atoms with Gasteiger partial charge >= 0.3 is 5.97 Å². The van der Waals surface area contributed by atoms with Gasteiger partial charge in [-0.15, -0.1) is 0 Å². The van der Waals surface area contributed by atoms with E-state index in [4.69, 9.17) is 5.11 Å². The minimum Gasteiger partial charge on any atom is -0.481 e. The second-order valence-electron chi connectivity index (χ2n) is 7.09. The number of allylic oxidation sites excluding steroid dienone is 4. The van der Waals surface area contributed by atoms with E-state index in [0.29, 0.717) is 18.6 Å². The number of halogens is 1. The van der Waals surface area contributed by atoms with Gasteiger partial charge in [-0.25, -0.2) is 0 Å². The van der Waals surface area contributed by atoms with Crippen LogP contribution in [0.1, 0.15) is 71.1 Å². The molecule has 1 N–H and O–H groups in total. The summed E-state index contributed by atoms with van der Waals surface area (Å²) in [5.74, 6) is -0.0390. The summed E-state index contributed by atoms with van der Waals surface area (Å²) >= 11 is 0. The van der Waals surface area contributed by atoms with Gasteiger partial charge in [0, 0.05) is 18.8 Å². The fourth-order valence-corrected chi connectivity index (χ4v) is 3.40. The molecule has 0 aromatic carbocycles. The summed E-state index contributed by atoms with van der Waals surface area (Å²) in [6.45, 7) is 1.85. The van der Waals surface area contributed by atoms with Crippen LogP contribution in [0.25, 0.3) is 0 Å². The Balaban J connectivity index is 2.39. The Morgan fingerprint density at radius 1 is 1.32 bits per heavy atom. The van der Waals surface area contributed by atoms with E-state index in [9.17, 15) is 14.0 Å². The molecular formula is C21H33FO3. The Morgan fingerprint density at radius 3 is 2.80 bits per heavy atom. The van der Waals surface area contributed by atoms with Crippen molar-refractivity contribution >= 4 is 11.8 Å². The molecule has 0 unspecified atom stereocenters. The van der Waals surface area contributed by atoms with E-state index < -0.39 is 5.97 Å². The van der Waals surface area contributed by atoms with Crippen LogP contribution in [0.5, 0.6) is 0 Å². The van der Waals surface area contributed by atoms with Gasteiger partial charge in [-0.1, -0.05) is 44.1 Å². The maximum Gasteiger partial charge on any atom is 0.303 e. The third-order valence-electron chi connectivity index (χ3n) is 5.01. The molecule has 0 radical (unpaired) electrons. The molecule has 1 saturated carbocycles. The molecule has 4 heteroatoms. The molecule has 142 valence electrons. The molecule has 0 bridgehead atoms. The molecular weight excluding hydrogens is 319 g/mol. The molecule has 0 aromatic heterocycles. The molecule has 0 spiro atoms. The van der Waals surface area contributed by atoms with Gasteiger partial charge in [0.15, 0.2) is 0 Å². The van der Waals surface area contributed by atoms with Gasteiger partial charge in [0.05, 0.1) is 6.67 Å². The number of aliphatic carboxylic acids is 1. The van der Waals surface area contributed by atoms with Crippen LogP contribution in [0.4, 0.5) is 4.39 Å². The Morgan fingerprint density at radius 2 is 2.12 bits per heavy atom. The van der Waals surface area contributed by atoms with E-state index >= 15 is 0 Å². The molecule has 1 aliphatic carbocycles. The predicted molar refractivity (Wildman–Crippen MR) is 99.2 cm³/mol. The summed E-state index contributed by atoms with van der Waals surface area (Å²) in [6.07, 6.45) is 15.9. The third kappa shape index (κ3) is 8.99. The lowest BCUT2D eigenvalue weighted by Crippen LogP contribution is -2.12. The van der Waals surface area contributed by atoms with E-state index in [2.05, 4.69) is 19.1 Å². The molecule has 3 atom stereocenters. The number of hydrogen-bond acceptors (Lipinski definition) is 2. The highest BCUT2D eigenvalue weighted by Gasteiger charge is 2.31. The Kier molecular flexibility index (Phi) is 11.1. The number of alkyl halides is 1. The number of carboxylic acid groups (broad SMARTS) is 1. The van der Waals surface area contributed by atoms with Gasteiger partial charge in [-0.05, 0) is 50.4 Å². The monoisotopic (exact) mass is 352 g/mol. The summed E-state index contributed by atoms with van der Waals surface area (Å²) in [7, 11) is 0. The predicted octanol–water partition coefficient (Wildman–Crippen LogP) is 5.51. The van der Waals surface area contributed by atoms with E-state index in [1.54, 1.807) is 0 Å². The highest BCUT2D eigenvalue weighted by atomic mass is 19.1. The normalized spacial score (nSPS) is 22.2. The summed E-state index contributed by atoms with van der Waals surface area (Å²) < 4.78 is 13.0. The van der Waals surface area contributed by atoms with Gasteiger partial charge in [-0.2, -0.15) is 0 Å². The van der Waals surface area contributed by atoms with Crippen molar-refractivity contribution in [3.63, 3.8) is 0 Å². The molecule has 0 saturated heterocycles. The van der Waals surface area contributed by atoms with Crippen molar-refractivity contribution in [2.75, 3.05) is 6.67 Å². The first kappa shape index (κ1) is 21.6. The third-order valence-corrected chi connectivity index (χ3v) is 5.01. The number of carbonyl (C=O) groups excluding carboxylic acids is 1. The van der Waals surface area contributed by atoms with Crippen LogP contribution < -0.4 is 0 Å². The molecule has 25 heavy (non-hydrogen) atoms. The number of rotatable bonds is 13. The van der Waals surface area contributed by atoms with Gasteiger partial charge in [-0.3, -0.25) is 14.0 Å². The van der Waals surface area contributed by atoms with Crippen LogP contribution in [0.2, 0.25) is 0 Å². The zero-order chi connectivity index (χ0) is 18.5. The van der Waals surface area contributed by atoms with E-state index in [1.807, 2.05) is 12.2 Å². The van der Waals surface area contributed by atoms with Gasteiger partial charge in [0.25, 0.3) is 0 Å². The molecule has 0 aromatic rings. The highest BCUT2D eigenvalue weighted by Crippen LogP contribution is 2.33. The van der Waals surface area contributed by atoms with Crippen LogP contribution in [0.3, 0.4) is 0 Å². The summed E-state index contributed by atoms with van der Waals surface area (Å²) in [6, 6.07) is 0. The minimum atomic E-state index is -0.768. The molecule has 0 amide bonds. The fourth-order valence-electron chi connectivity index (χ4n) is 3.40. The quantitative estimate of drug-likeness (QED) is 0.351. The molecule has 3 nitrogen and oxygen atoms in total. The Bertz CT molecular complexity index is 456. The van der Waals surface area contributed by atoms with Crippen LogP contribution in [0, 0.1) is 17.8 Å². The van der Waals surface area contributed by atoms with Gasteiger partial charge < -0.3 is 5.11 Å². The lowest BCUT2D eigenvalue weighted by atomic mass is 9.90. The Hall–Kier alpha value is -1.45. The number of carbonyl (C=O) groups is 2. The average Bonchev–Trinajstić information content (AvgIpc) is 2.94. The van der Waals surface area contributed by atoms with Crippen molar-refractivity contribution in [3.8, 4) is 0 Å². The number of carboxylic acids is 1. The topological polar surface area (TPSA) is 54.4 Å². The zero-order valence-corrected chi connectivity index (χ0v) is 15.5. The number of unbranched alkanes of at least 4 members (excludes halogenated alkanes) is 2. The summed E-state index contributed by atoms with van der Waals surface area (Å²) in [4.78, 5) is 22.5. The van der Waals surface area contributed by atoms with Gasteiger partial charge in [0.2, 0.25) is 0 Å². The molecule has 1 rings (SSSR count). The van der Waals surface area contributed by atoms with Crippen molar-refractivity contribution in [2.45, 2.75) is 71.1 Å². The first-order chi connectivity index (χ1) is 12.1. The van der Waals surface area contributed by atoms with E-state index in [1.165, 1.54) is 0 Å². The van der Waals surface area contributed by atoms with Crippen molar-refractivity contribution in [3.05, 3.63) is 24.3 Å². The fraction of sp³-hybridized carbons (Fsp3) is 0.714. The first-order valence-electron chi connectivity index (χ1n) is 9.70. The van der Waals surface area contributed by atoms with Crippen LogP contribution in [-0.4, -0.2) is 23.5 Å². The number of ketones is 1.